The summed E-state index contributed by atoms with van der Waals surface area (Å²) in [4.78, 5) is 53.8. The number of hydrogen-bond donors (Lipinski definition) is 2. The number of sulfonamides is 1. The molecule has 2 aromatic carbocycles. The van der Waals surface area contributed by atoms with Crippen molar-refractivity contribution in [2.45, 2.75) is 102 Å². The molecule has 2 aromatic heterocycles. The smallest absolute Gasteiger partial charge is 0.308 e. The number of hydrogen-bond acceptors (Lipinski definition) is 12. The zero-order valence-electron chi connectivity index (χ0n) is 37.6. The third-order valence-electron chi connectivity index (χ3n) is 11.2. The molecule has 0 bridgehead atoms. The minimum absolute atomic E-state index is 0.00252. The average molecular weight is 955 g/mol. The molecule has 2 N–H and O–H groups in total. The molecule has 0 spiro atoms. The number of nitrogens with zero attached hydrogens (tertiary/aromatic N) is 3. The van der Waals surface area contributed by atoms with Crippen LogP contribution in [0.25, 0.3) is 5.69 Å². The number of nitrogens with one attached hydrogen (secondary N) is 2. The summed E-state index contributed by atoms with van der Waals surface area (Å²) in [6, 6.07) is 12.8. The van der Waals surface area contributed by atoms with Gasteiger partial charge in [-0.25, -0.2) is 13.1 Å². The van der Waals surface area contributed by atoms with Gasteiger partial charge in [-0.05, 0) is 120 Å². The zero-order chi connectivity index (χ0) is 46.6. The van der Waals surface area contributed by atoms with Crippen molar-refractivity contribution in [1.82, 2.24) is 19.4 Å². The molecule has 2 amide bonds. The Kier molecular flexibility index (Phi) is 17.9. The summed E-state index contributed by atoms with van der Waals surface area (Å²) < 4.78 is 53.1. The summed E-state index contributed by atoms with van der Waals surface area (Å²) in [5.74, 6) is -1.39. The largest absolute Gasteiger partial charge is 0.460 e. The van der Waals surface area contributed by atoms with Gasteiger partial charge >= 0.3 is 5.97 Å². The molecule has 0 aliphatic heterocycles. The number of amides is 2. The highest BCUT2D eigenvalue weighted by Crippen LogP contribution is 2.40. The molecule has 0 saturated heterocycles. The van der Waals surface area contributed by atoms with E-state index in [9.17, 15) is 27.6 Å². The highest BCUT2D eigenvalue weighted by Gasteiger charge is 2.36. The number of ether oxygens (including phenoxy) is 4. The maximum Gasteiger partial charge on any atom is 0.308 e. The molecule has 65 heavy (non-hydrogen) atoms. The first-order valence-electron chi connectivity index (χ1n) is 22.3. The van der Waals surface area contributed by atoms with Crippen LogP contribution in [0.3, 0.4) is 0 Å². The van der Waals surface area contributed by atoms with E-state index in [0.29, 0.717) is 92.8 Å². The number of rotatable bonds is 22. The molecule has 0 atom stereocenters. The second kappa shape index (κ2) is 23.3. The van der Waals surface area contributed by atoms with Gasteiger partial charge in [-0.1, -0.05) is 24.6 Å². The summed E-state index contributed by atoms with van der Waals surface area (Å²) in [5.41, 5.74) is 2.13. The van der Waals surface area contributed by atoms with Crippen LogP contribution in [-0.4, -0.2) is 110 Å². The van der Waals surface area contributed by atoms with E-state index in [0.717, 1.165) is 35.4 Å². The Morgan fingerprint density at radius 3 is 2.26 bits per heavy atom. The molecule has 6 rings (SSSR count). The molecule has 0 radical (unpaired) electrons. The van der Waals surface area contributed by atoms with Gasteiger partial charge in [0.2, 0.25) is 15.9 Å². The van der Waals surface area contributed by atoms with Gasteiger partial charge in [0.1, 0.15) is 10.6 Å². The van der Waals surface area contributed by atoms with Crippen molar-refractivity contribution < 1.29 is 46.5 Å². The number of benzene rings is 2. The van der Waals surface area contributed by atoms with Crippen molar-refractivity contribution in [3.8, 4) is 5.69 Å². The predicted molar refractivity (Wildman–Crippen MR) is 249 cm³/mol. The van der Waals surface area contributed by atoms with E-state index in [4.69, 9.17) is 30.5 Å². The Hall–Kier alpha value is -4.49. The molecule has 2 aliphatic carbocycles. The molecule has 18 heteroatoms. The van der Waals surface area contributed by atoms with E-state index in [1.165, 1.54) is 34.0 Å². The van der Waals surface area contributed by atoms with E-state index >= 15 is 0 Å². The zero-order valence-corrected chi connectivity index (χ0v) is 40.0. The monoisotopic (exact) mass is 953 g/mol. The number of fused-ring (bicyclic) bond motifs is 1. The van der Waals surface area contributed by atoms with Crippen LogP contribution in [0.2, 0.25) is 5.02 Å². The highest BCUT2D eigenvalue weighted by atomic mass is 35.5. The molecule has 1 fully saturated rings. The third kappa shape index (κ3) is 13.8. The van der Waals surface area contributed by atoms with E-state index < -0.39 is 21.5 Å². The van der Waals surface area contributed by atoms with Gasteiger partial charge in [0.15, 0.2) is 5.78 Å². The van der Waals surface area contributed by atoms with Gasteiger partial charge < -0.3 is 29.6 Å². The molecule has 352 valence electrons. The van der Waals surface area contributed by atoms with Crippen molar-refractivity contribution in [2.75, 3.05) is 58.0 Å². The molecule has 15 nitrogen and oxygen atoms in total. The van der Waals surface area contributed by atoms with Crippen LogP contribution in [0, 0.1) is 5.92 Å². The topological polar surface area (TPSA) is 184 Å². The number of aromatic nitrogens is 2. The van der Waals surface area contributed by atoms with Crippen molar-refractivity contribution >= 4 is 61.5 Å². The van der Waals surface area contributed by atoms with Gasteiger partial charge in [-0.3, -0.25) is 19.2 Å². The van der Waals surface area contributed by atoms with Crippen LogP contribution in [0.15, 0.2) is 65.8 Å². The normalized spacial score (nSPS) is 16.5. The fraction of sp³-hybridized carbons (Fsp3) is 0.511. The first-order valence-corrected chi connectivity index (χ1v) is 24.9. The van der Waals surface area contributed by atoms with Crippen molar-refractivity contribution in [1.29, 1.82) is 0 Å². The lowest BCUT2D eigenvalue weighted by Gasteiger charge is -2.35. The Morgan fingerprint density at radius 2 is 1.57 bits per heavy atom. The molecule has 0 unspecified atom stereocenters. The number of halogens is 1. The number of anilines is 1. The summed E-state index contributed by atoms with van der Waals surface area (Å²) in [6.07, 6.45) is 8.90. The summed E-state index contributed by atoms with van der Waals surface area (Å²) in [7, 11) is -4.01. The van der Waals surface area contributed by atoms with Gasteiger partial charge in [0, 0.05) is 46.7 Å². The minimum atomic E-state index is -4.01. The quantitative estimate of drug-likeness (QED) is 0.0454. The van der Waals surface area contributed by atoms with E-state index in [-0.39, 0.29) is 59.7 Å². The number of aryl methyl sites for hydroxylation is 1. The summed E-state index contributed by atoms with van der Waals surface area (Å²) >= 11 is 7.45. The maximum absolute atomic E-state index is 14.2. The Morgan fingerprint density at radius 1 is 0.892 bits per heavy atom. The molecule has 1 saturated carbocycles. The maximum atomic E-state index is 14.2. The van der Waals surface area contributed by atoms with Crippen molar-refractivity contribution in [2.24, 2.45) is 5.92 Å². The summed E-state index contributed by atoms with van der Waals surface area (Å²) in [5, 5.41) is 11.3. The standard InChI is InChI=1S/C47H60ClN5O10S2/c1-5-53(37-17-13-32(14-18-37)44(56)49-22-24-61-26-28-62-27-25-60-23-21-41(54)63-47(2,3)4)65(58,59)38-10-8-9-33(29-38)45(57)51-46-42(39-11-6-7-12-40(39)64-46)43(55)34-30-50-52(31-34)36-19-15-35(48)16-20-36/h8-10,15-16,19-20,29-32,37H,5-7,11-14,17-18,21-28H2,1-4H3,(H,49,56)(H,51,57). The number of thiophene rings is 1. The van der Waals surface area contributed by atoms with E-state index in [2.05, 4.69) is 15.7 Å². The van der Waals surface area contributed by atoms with Gasteiger partial charge in [-0.2, -0.15) is 9.40 Å². The highest BCUT2D eigenvalue weighted by molar-refractivity contribution is 7.89. The first kappa shape index (κ1) is 49.9. The fourth-order valence-electron chi connectivity index (χ4n) is 8.05. The van der Waals surface area contributed by atoms with Crippen molar-refractivity contribution in [3.05, 3.63) is 93.1 Å². The van der Waals surface area contributed by atoms with E-state index in [1.54, 1.807) is 42.1 Å². The predicted octanol–water partition coefficient (Wildman–Crippen LogP) is 7.42. The van der Waals surface area contributed by atoms with Crippen LogP contribution in [0.4, 0.5) is 5.00 Å². The minimum Gasteiger partial charge on any atom is -0.460 e. The molecular formula is C47H60ClN5O10S2. The average Bonchev–Trinajstić information content (AvgIpc) is 3.92. The lowest BCUT2D eigenvalue weighted by atomic mass is 9.85. The SMILES string of the molecule is CCN(C1CCC(C(=O)NCCOCCOCCOCCC(=O)OC(C)(C)C)CC1)S(=O)(=O)c1cccc(C(=O)Nc2sc3c(c2C(=O)c2cnn(-c4ccc(Cl)cc4)c2)CCCC3)c1. The van der Waals surface area contributed by atoms with Gasteiger partial charge in [-0.15, -0.1) is 11.3 Å². The van der Waals surface area contributed by atoms with Crippen LogP contribution >= 0.6 is 22.9 Å². The lowest BCUT2D eigenvalue weighted by Crippen LogP contribution is -2.44. The first-order chi connectivity index (χ1) is 31.1. The van der Waals surface area contributed by atoms with Crippen LogP contribution < -0.4 is 10.6 Å². The molecule has 4 aromatic rings. The van der Waals surface area contributed by atoms with Crippen LogP contribution in [0.5, 0.6) is 0 Å². The molecule has 2 aliphatic rings. The second-order valence-corrected chi connectivity index (χ2v) is 20.5. The number of esters is 1. The Balaban J connectivity index is 0.963. The number of ketones is 1. The van der Waals surface area contributed by atoms with Crippen molar-refractivity contribution in [3.63, 3.8) is 0 Å². The fourth-order valence-corrected chi connectivity index (χ4v) is 11.2. The second-order valence-electron chi connectivity index (χ2n) is 17.1. The Labute approximate surface area is 390 Å². The summed E-state index contributed by atoms with van der Waals surface area (Å²) in [6.45, 7) is 9.83. The lowest BCUT2D eigenvalue weighted by molar-refractivity contribution is -0.156. The van der Waals surface area contributed by atoms with Crippen LogP contribution in [0.1, 0.15) is 109 Å². The number of carbonyl (C=O) groups excluding carboxylic acids is 4. The van der Waals surface area contributed by atoms with Gasteiger partial charge in [0.05, 0.1) is 74.0 Å². The Bertz CT molecular complexity index is 2370. The third-order valence-corrected chi connectivity index (χ3v) is 14.7. The van der Waals surface area contributed by atoms with Gasteiger partial charge in [0.25, 0.3) is 5.91 Å². The van der Waals surface area contributed by atoms with Crippen LogP contribution in [-0.2, 0) is 51.4 Å². The number of carbonyl (C=O) groups is 4. The molecule has 2 heterocycles. The van der Waals surface area contributed by atoms with E-state index in [1.807, 2.05) is 32.9 Å². The molecular weight excluding hydrogens is 894 g/mol.